The molecule has 2 aromatic rings. The molecule has 2 rings (SSSR count). The lowest BCUT2D eigenvalue weighted by atomic mass is 10.00. The molecule has 0 N–H and O–H groups in total. The Morgan fingerprint density at radius 3 is 2.30 bits per heavy atom. The molecular weight excluding hydrogens is 246 g/mol. The Kier molecular flexibility index (Phi) is 4.37. The molecule has 0 spiro atoms. The molecule has 0 saturated heterocycles. The molecule has 3 nitrogen and oxygen atoms in total. The van der Waals surface area contributed by atoms with Crippen molar-refractivity contribution in [2.75, 3.05) is 18.5 Å². The molecule has 0 amide bonds. The summed E-state index contributed by atoms with van der Waals surface area (Å²) < 4.78 is 0. The van der Waals surface area contributed by atoms with Crippen LogP contribution in [0, 0.1) is 22.7 Å². The van der Waals surface area contributed by atoms with Crippen LogP contribution in [0.1, 0.15) is 17.0 Å². The molecular formula is C17H15N3. The molecule has 0 bridgehead atoms. The van der Waals surface area contributed by atoms with Gasteiger partial charge in [-0.1, -0.05) is 42.5 Å². The number of nitriles is 2. The third-order valence-electron chi connectivity index (χ3n) is 3.25. The maximum Gasteiger partial charge on any atom is 0.101 e. The first kappa shape index (κ1) is 13.6. The minimum absolute atomic E-state index is 0.215. The molecule has 2 aromatic carbocycles. The van der Waals surface area contributed by atoms with E-state index >= 15 is 0 Å². The van der Waals surface area contributed by atoms with E-state index in [0.29, 0.717) is 12.1 Å². The van der Waals surface area contributed by atoms with Crippen molar-refractivity contribution >= 4 is 5.69 Å². The largest absolute Gasteiger partial charge is 0.372 e. The van der Waals surface area contributed by atoms with Gasteiger partial charge in [0.2, 0.25) is 0 Å². The molecule has 0 aliphatic heterocycles. The predicted octanol–water partition coefficient (Wildman–Crippen LogP) is 3.30. The van der Waals surface area contributed by atoms with Crippen LogP contribution < -0.4 is 4.90 Å². The zero-order valence-corrected chi connectivity index (χ0v) is 11.3. The van der Waals surface area contributed by atoms with Crippen molar-refractivity contribution in [1.29, 1.82) is 10.5 Å². The topological polar surface area (TPSA) is 50.8 Å². The van der Waals surface area contributed by atoms with Crippen molar-refractivity contribution in [2.45, 2.75) is 5.92 Å². The molecule has 0 saturated carbocycles. The molecule has 0 aliphatic carbocycles. The third-order valence-corrected chi connectivity index (χ3v) is 3.25. The second kappa shape index (κ2) is 6.41. The highest BCUT2D eigenvalue weighted by molar-refractivity contribution is 5.59. The van der Waals surface area contributed by atoms with E-state index in [9.17, 15) is 5.26 Å². The third kappa shape index (κ3) is 2.96. The first-order chi connectivity index (χ1) is 9.76. The van der Waals surface area contributed by atoms with Crippen molar-refractivity contribution in [3.8, 4) is 12.1 Å². The minimum atomic E-state index is -0.215. The number of hydrogen-bond acceptors (Lipinski definition) is 3. The Balaban J connectivity index is 2.21. The van der Waals surface area contributed by atoms with E-state index in [1.165, 1.54) is 0 Å². The lowest BCUT2D eigenvalue weighted by molar-refractivity contribution is 0.802. The molecule has 3 heteroatoms. The highest BCUT2D eigenvalue weighted by Crippen LogP contribution is 2.22. The summed E-state index contributed by atoms with van der Waals surface area (Å²) >= 11 is 0. The van der Waals surface area contributed by atoms with Crippen molar-refractivity contribution < 1.29 is 0 Å². The van der Waals surface area contributed by atoms with Gasteiger partial charge in [0, 0.05) is 13.6 Å². The van der Waals surface area contributed by atoms with Crippen molar-refractivity contribution in [1.82, 2.24) is 0 Å². The van der Waals surface area contributed by atoms with Crippen molar-refractivity contribution in [3.63, 3.8) is 0 Å². The van der Waals surface area contributed by atoms with E-state index in [0.717, 1.165) is 11.3 Å². The predicted molar refractivity (Wildman–Crippen MR) is 79.2 cm³/mol. The highest BCUT2D eigenvalue weighted by Gasteiger charge is 2.15. The number of rotatable bonds is 4. The summed E-state index contributed by atoms with van der Waals surface area (Å²) in [5.41, 5.74) is 2.47. The van der Waals surface area contributed by atoms with Crippen LogP contribution in [-0.2, 0) is 0 Å². The van der Waals surface area contributed by atoms with Crippen molar-refractivity contribution in [3.05, 3.63) is 65.7 Å². The molecule has 0 fully saturated rings. The normalized spacial score (nSPS) is 11.2. The van der Waals surface area contributed by atoms with Gasteiger partial charge in [0.1, 0.15) is 6.07 Å². The summed E-state index contributed by atoms with van der Waals surface area (Å²) in [6, 6.07) is 21.7. The summed E-state index contributed by atoms with van der Waals surface area (Å²) in [5, 5.41) is 18.5. The molecule has 0 aromatic heterocycles. The second-order valence-electron chi connectivity index (χ2n) is 4.60. The summed E-state index contributed by atoms with van der Waals surface area (Å²) in [7, 11) is 1.91. The van der Waals surface area contributed by atoms with E-state index in [2.05, 4.69) is 12.1 Å². The van der Waals surface area contributed by atoms with Crippen LogP contribution in [0.5, 0.6) is 0 Å². The Labute approximate surface area is 119 Å². The number of likely N-dealkylation sites (N-methyl/N-ethyl adjacent to an activating group) is 1. The van der Waals surface area contributed by atoms with Gasteiger partial charge in [0.15, 0.2) is 0 Å². The van der Waals surface area contributed by atoms with Gasteiger partial charge >= 0.3 is 0 Å². The van der Waals surface area contributed by atoms with Gasteiger partial charge in [0.25, 0.3) is 0 Å². The molecule has 1 atom stereocenters. The fourth-order valence-electron chi connectivity index (χ4n) is 2.18. The van der Waals surface area contributed by atoms with Crippen LogP contribution in [0.25, 0.3) is 0 Å². The van der Waals surface area contributed by atoms with Crippen LogP contribution in [0.2, 0.25) is 0 Å². The standard InChI is InChI=1S/C17H15N3/c1-20(17-10-6-5-9-15(17)11-18)13-16(12-19)14-7-3-2-4-8-14/h2-10,16H,13H2,1H3. The van der Waals surface area contributed by atoms with E-state index in [-0.39, 0.29) is 5.92 Å². The number of hydrogen-bond donors (Lipinski definition) is 0. The Morgan fingerprint density at radius 2 is 1.65 bits per heavy atom. The molecule has 0 radical (unpaired) electrons. The fourth-order valence-corrected chi connectivity index (χ4v) is 2.18. The van der Waals surface area contributed by atoms with Crippen LogP contribution in [0.15, 0.2) is 54.6 Å². The second-order valence-corrected chi connectivity index (χ2v) is 4.60. The molecule has 98 valence electrons. The van der Waals surface area contributed by atoms with Crippen molar-refractivity contribution in [2.24, 2.45) is 0 Å². The zero-order valence-electron chi connectivity index (χ0n) is 11.3. The number of benzene rings is 2. The summed E-state index contributed by atoms with van der Waals surface area (Å²) in [4.78, 5) is 1.96. The van der Waals surface area contributed by atoms with Gasteiger partial charge in [-0.3, -0.25) is 0 Å². The average molecular weight is 261 g/mol. The maximum atomic E-state index is 9.36. The summed E-state index contributed by atoms with van der Waals surface area (Å²) in [6.07, 6.45) is 0. The lowest BCUT2D eigenvalue weighted by Crippen LogP contribution is -2.24. The van der Waals surface area contributed by atoms with Crippen LogP contribution in [-0.4, -0.2) is 13.6 Å². The summed E-state index contributed by atoms with van der Waals surface area (Å²) in [5.74, 6) is -0.215. The van der Waals surface area contributed by atoms with Crippen LogP contribution >= 0.6 is 0 Å². The maximum absolute atomic E-state index is 9.36. The van der Waals surface area contributed by atoms with E-state index in [4.69, 9.17) is 5.26 Å². The number of nitrogens with zero attached hydrogens (tertiary/aromatic N) is 3. The fraction of sp³-hybridized carbons (Fsp3) is 0.176. The number of para-hydroxylation sites is 1. The molecule has 0 heterocycles. The monoisotopic (exact) mass is 261 g/mol. The Morgan fingerprint density at radius 1 is 1.00 bits per heavy atom. The van der Waals surface area contributed by atoms with Crippen LogP contribution in [0.4, 0.5) is 5.69 Å². The Bertz CT molecular complexity index is 650. The van der Waals surface area contributed by atoms with Gasteiger partial charge < -0.3 is 4.90 Å². The molecule has 0 aliphatic rings. The SMILES string of the molecule is CN(CC(C#N)c1ccccc1)c1ccccc1C#N. The molecule has 1 unspecified atom stereocenters. The first-order valence-corrected chi connectivity index (χ1v) is 6.41. The minimum Gasteiger partial charge on any atom is -0.372 e. The Hall–Kier alpha value is -2.78. The van der Waals surface area contributed by atoms with Gasteiger partial charge in [-0.25, -0.2) is 0 Å². The van der Waals surface area contributed by atoms with E-state index < -0.39 is 0 Å². The quantitative estimate of drug-likeness (QED) is 0.848. The molecule has 20 heavy (non-hydrogen) atoms. The summed E-state index contributed by atoms with van der Waals surface area (Å²) in [6.45, 7) is 0.555. The van der Waals surface area contributed by atoms with E-state index in [1.807, 2.05) is 60.5 Å². The number of anilines is 1. The van der Waals surface area contributed by atoms with Gasteiger partial charge in [-0.05, 0) is 17.7 Å². The first-order valence-electron chi connectivity index (χ1n) is 6.41. The smallest absolute Gasteiger partial charge is 0.101 e. The van der Waals surface area contributed by atoms with Crippen LogP contribution in [0.3, 0.4) is 0 Å². The van der Waals surface area contributed by atoms with E-state index in [1.54, 1.807) is 6.07 Å². The van der Waals surface area contributed by atoms with Gasteiger partial charge in [-0.2, -0.15) is 10.5 Å². The average Bonchev–Trinajstić information content (AvgIpc) is 2.53. The van der Waals surface area contributed by atoms with Gasteiger partial charge in [0.05, 0.1) is 23.2 Å². The van der Waals surface area contributed by atoms with Gasteiger partial charge in [-0.15, -0.1) is 0 Å². The lowest BCUT2D eigenvalue weighted by Gasteiger charge is -2.23. The highest BCUT2D eigenvalue weighted by atomic mass is 15.1. The zero-order chi connectivity index (χ0) is 14.4.